The quantitative estimate of drug-likeness (QED) is 0.678. The first-order chi connectivity index (χ1) is 7.81. The summed E-state index contributed by atoms with van der Waals surface area (Å²) in [6, 6.07) is 9.34. The number of hydrogen-bond donors (Lipinski definition) is 3. The van der Waals surface area contributed by atoms with Gasteiger partial charge < -0.3 is 15.4 Å². The van der Waals surface area contributed by atoms with Crippen molar-refractivity contribution in [2.45, 2.75) is 6.42 Å². The molecular formula is C12H14N2O2. The fourth-order valence-electron chi connectivity index (χ4n) is 1.61. The fraction of sp³-hybridized carbons (Fsp3) is 0.250. The molecule has 0 radical (unpaired) electrons. The van der Waals surface area contributed by atoms with Crippen LogP contribution in [0.2, 0.25) is 0 Å². The summed E-state index contributed by atoms with van der Waals surface area (Å²) < 4.78 is 0. The fourth-order valence-corrected chi connectivity index (χ4v) is 1.61. The Morgan fingerprint density at radius 3 is 2.94 bits per heavy atom. The number of hydrogen-bond acceptors (Lipinski definition) is 3. The first-order valence-corrected chi connectivity index (χ1v) is 5.28. The van der Waals surface area contributed by atoms with Crippen LogP contribution in [0.25, 0.3) is 10.8 Å². The van der Waals surface area contributed by atoms with E-state index in [9.17, 15) is 4.79 Å². The standard InChI is InChI=1S/C12H14N2O2/c15-7-3-6-13-11-8-9-4-1-2-5-10(9)12(16)14-11/h1-2,4-5,8,15H,3,6-7H2,(H2,13,14,16). The van der Waals surface area contributed by atoms with Crippen molar-refractivity contribution in [3.63, 3.8) is 0 Å². The van der Waals surface area contributed by atoms with Crippen molar-refractivity contribution in [1.29, 1.82) is 0 Å². The summed E-state index contributed by atoms with van der Waals surface area (Å²) in [6.45, 7) is 0.787. The number of anilines is 1. The van der Waals surface area contributed by atoms with E-state index < -0.39 is 0 Å². The van der Waals surface area contributed by atoms with Gasteiger partial charge in [-0.25, -0.2) is 0 Å². The van der Waals surface area contributed by atoms with Gasteiger partial charge in [0, 0.05) is 18.5 Å². The Balaban J connectivity index is 2.31. The first-order valence-electron chi connectivity index (χ1n) is 5.28. The van der Waals surface area contributed by atoms with Gasteiger partial charge in [-0.1, -0.05) is 18.2 Å². The first kappa shape index (κ1) is 10.7. The SMILES string of the molecule is O=c1[nH]c(NCCCO)cc2ccccc12. The molecule has 2 rings (SSSR count). The molecule has 4 heteroatoms. The van der Waals surface area contributed by atoms with Crippen molar-refractivity contribution in [3.8, 4) is 0 Å². The van der Waals surface area contributed by atoms with Gasteiger partial charge in [0.25, 0.3) is 5.56 Å². The van der Waals surface area contributed by atoms with Crippen LogP contribution < -0.4 is 10.9 Å². The molecule has 2 aromatic rings. The molecule has 3 N–H and O–H groups in total. The second kappa shape index (κ2) is 4.81. The molecule has 0 aliphatic carbocycles. The molecule has 0 atom stereocenters. The van der Waals surface area contributed by atoms with Crippen LogP contribution in [0, 0.1) is 0 Å². The average molecular weight is 218 g/mol. The van der Waals surface area contributed by atoms with Crippen molar-refractivity contribution in [3.05, 3.63) is 40.7 Å². The number of benzene rings is 1. The summed E-state index contributed by atoms with van der Waals surface area (Å²) in [7, 11) is 0. The van der Waals surface area contributed by atoms with Crippen molar-refractivity contribution >= 4 is 16.6 Å². The van der Waals surface area contributed by atoms with Gasteiger partial charge in [0.05, 0.1) is 0 Å². The zero-order valence-corrected chi connectivity index (χ0v) is 8.86. The molecule has 0 saturated carbocycles. The van der Waals surface area contributed by atoms with Crippen molar-refractivity contribution < 1.29 is 5.11 Å². The number of fused-ring (bicyclic) bond motifs is 1. The van der Waals surface area contributed by atoms with Crippen molar-refractivity contribution in [2.24, 2.45) is 0 Å². The van der Waals surface area contributed by atoms with Crippen molar-refractivity contribution in [1.82, 2.24) is 4.98 Å². The van der Waals surface area contributed by atoms with Crippen LogP contribution in [-0.2, 0) is 0 Å². The van der Waals surface area contributed by atoms with Crippen molar-refractivity contribution in [2.75, 3.05) is 18.5 Å². The summed E-state index contributed by atoms with van der Waals surface area (Å²) in [5.41, 5.74) is -0.0930. The average Bonchev–Trinajstić information content (AvgIpc) is 2.30. The number of rotatable bonds is 4. The van der Waals surface area contributed by atoms with E-state index >= 15 is 0 Å². The molecule has 1 heterocycles. The second-order valence-electron chi connectivity index (χ2n) is 3.60. The summed E-state index contributed by atoms with van der Waals surface area (Å²) in [6.07, 6.45) is 0.662. The zero-order chi connectivity index (χ0) is 11.4. The molecule has 1 aromatic heterocycles. The third-order valence-electron chi connectivity index (χ3n) is 2.40. The summed E-state index contributed by atoms with van der Waals surface area (Å²) in [4.78, 5) is 14.4. The Morgan fingerprint density at radius 1 is 1.31 bits per heavy atom. The van der Waals surface area contributed by atoms with Crippen LogP contribution >= 0.6 is 0 Å². The minimum Gasteiger partial charge on any atom is -0.396 e. The highest BCUT2D eigenvalue weighted by Gasteiger charge is 2.00. The third kappa shape index (κ3) is 2.23. The molecule has 84 valence electrons. The zero-order valence-electron chi connectivity index (χ0n) is 8.86. The largest absolute Gasteiger partial charge is 0.396 e. The minimum atomic E-state index is -0.0930. The molecule has 0 fully saturated rings. The minimum absolute atomic E-state index is 0.0930. The van der Waals surface area contributed by atoms with E-state index in [1.165, 1.54) is 0 Å². The Kier molecular flexibility index (Phi) is 3.22. The maximum absolute atomic E-state index is 11.7. The molecule has 0 spiro atoms. The summed E-state index contributed by atoms with van der Waals surface area (Å²) in [5, 5.41) is 13.3. The highest BCUT2D eigenvalue weighted by atomic mass is 16.3. The van der Waals surface area contributed by atoms with E-state index in [-0.39, 0.29) is 12.2 Å². The van der Waals surface area contributed by atoms with Crippen LogP contribution in [0.4, 0.5) is 5.82 Å². The topological polar surface area (TPSA) is 65.1 Å². The van der Waals surface area contributed by atoms with Gasteiger partial charge in [0.1, 0.15) is 5.82 Å². The van der Waals surface area contributed by atoms with Gasteiger partial charge in [0.2, 0.25) is 0 Å². The number of aliphatic hydroxyl groups excluding tert-OH is 1. The lowest BCUT2D eigenvalue weighted by Crippen LogP contribution is -2.12. The lowest BCUT2D eigenvalue weighted by atomic mass is 10.2. The number of aromatic amines is 1. The molecule has 16 heavy (non-hydrogen) atoms. The lowest BCUT2D eigenvalue weighted by molar-refractivity contribution is 0.292. The second-order valence-corrected chi connectivity index (χ2v) is 3.60. The van der Waals surface area contributed by atoms with E-state index in [1.807, 2.05) is 24.3 Å². The molecular weight excluding hydrogens is 204 g/mol. The molecule has 0 bridgehead atoms. The monoisotopic (exact) mass is 218 g/mol. The van der Waals surface area contributed by atoms with Crippen LogP contribution in [0.1, 0.15) is 6.42 Å². The lowest BCUT2D eigenvalue weighted by Gasteiger charge is -2.06. The van der Waals surface area contributed by atoms with Crippen LogP contribution in [0.3, 0.4) is 0 Å². The van der Waals surface area contributed by atoms with E-state index in [0.29, 0.717) is 24.2 Å². The Bertz CT molecular complexity index is 534. The highest BCUT2D eigenvalue weighted by molar-refractivity contribution is 5.83. The number of aromatic nitrogens is 1. The summed E-state index contributed by atoms with van der Waals surface area (Å²) in [5.74, 6) is 0.692. The molecule has 1 aromatic carbocycles. The molecule has 0 amide bonds. The Hall–Kier alpha value is -1.81. The van der Waals surface area contributed by atoms with Gasteiger partial charge in [-0.15, -0.1) is 0 Å². The summed E-state index contributed by atoms with van der Waals surface area (Å²) >= 11 is 0. The van der Waals surface area contributed by atoms with Crippen LogP contribution in [0.5, 0.6) is 0 Å². The third-order valence-corrected chi connectivity index (χ3v) is 2.40. The number of pyridine rings is 1. The van der Waals surface area contributed by atoms with Gasteiger partial charge in [-0.05, 0) is 23.9 Å². The maximum Gasteiger partial charge on any atom is 0.257 e. The Labute approximate surface area is 92.9 Å². The van der Waals surface area contributed by atoms with Gasteiger partial charge in [-0.2, -0.15) is 0 Å². The van der Waals surface area contributed by atoms with E-state index in [2.05, 4.69) is 10.3 Å². The van der Waals surface area contributed by atoms with Crippen LogP contribution in [-0.4, -0.2) is 23.2 Å². The molecule has 4 nitrogen and oxygen atoms in total. The van der Waals surface area contributed by atoms with E-state index in [4.69, 9.17) is 5.11 Å². The van der Waals surface area contributed by atoms with Gasteiger partial charge >= 0.3 is 0 Å². The molecule has 0 unspecified atom stereocenters. The normalized spacial score (nSPS) is 10.6. The Morgan fingerprint density at radius 2 is 2.12 bits per heavy atom. The smallest absolute Gasteiger partial charge is 0.257 e. The van der Waals surface area contributed by atoms with Gasteiger partial charge in [0.15, 0.2) is 0 Å². The molecule has 0 aliphatic heterocycles. The number of H-pyrrole nitrogens is 1. The van der Waals surface area contributed by atoms with E-state index in [1.54, 1.807) is 6.07 Å². The highest BCUT2D eigenvalue weighted by Crippen LogP contribution is 2.12. The predicted molar refractivity (Wildman–Crippen MR) is 64.8 cm³/mol. The number of aliphatic hydroxyl groups is 1. The van der Waals surface area contributed by atoms with Gasteiger partial charge in [-0.3, -0.25) is 4.79 Å². The molecule has 0 aliphatic rings. The van der Waals surface area contributed by atoms with Crippen LogP contribution in [0.15, 0.2) is 35.1 Å². The maximum atomic E-state index is 11.7. The number of nitrogens with one attached hydrogen (secondary N) is 2. The molecule has 0 saturated heterocycles. The predicted octanol–water partition coefficient (Wildman–Crippen LogP) is 1.32. The van der Waals surface area contributed by atoms with E-state index in [0.717, 1.165) is 5.39 Å².